The van der Waals surface area contributed by atoms with Crippen LogP contribution in [-0.4, -0.2) is 44.3 Å². The highest BCUT2D eigenvalue weighted by Crippen LogP contribution is 2.32. The molecule has 2 aliphatic rings. The van der Waals surface area contributed by atoms with Crippen molar-refractivity contribution in [1.29, 1.82) is 0 Å². The monoisotopic (exact) mass is 358 g/mol. The van der Waals surface area contributed by atoms with Crippen molar-refractivity contribution < 1.29 is 9.59 Å². The molecule has 0 radical (unpaired) electrons. The number of hydrogen-bond acceptors (Lipinski definition) is 6. The molecular weight excluding hydrogens is 340 g/mol. The number of anilines is 2. The van der Waals surface area contributed by atoms with E-state index in [2.05, 4.69) is 20.8 Å². The third kappa shape index (κ3) is 3.23. The maximum Gasteiger partial charge on any atom is 0.244 e. The lowest BCUT2D eigenvalue weighted by Gasteiger charge is -2.29. The number of tetrazole rings is 1. The molecule has 1 aromatic heterocycles. The average Bonchev–Trinajstić information content (AvgIpc) is 3.29. The standard InChI is InChI=1S/C16H18N6O2S/c23-14-9-21(13-8-4-3-7-12(13)17-14)15(24)10-25-16-18-19-20-22(16)11-5-1-2-6-11/h3-4,7-8,11H,1-2,5-6,9-10H2,(H,17,23). The van der Waals surface area contributed by atoms with Crippen LogP contribution in [0.1, 0.15) is 31.7 Å². The number of benzene rings is 1. The van der Waals surface area contributed by atoms with Gasteiger partial charge in [-0.2, -0.15) is 0 Å². The molecule has 1 saturated carbocycles. The summed E-state index contributed by atoms with van der Waals surface area (Å²) in [6.07, 6.45) is 4.53. The van der Waals surface area contributed by atoms with Crippen LogP contribution in [0, 0.1) is 0 Å². The first-order valence-corrected chi connectivity index (χ1v) is 9.31. The van der Waals surface area contributed by atoms with Crippen LogP contribution in [0.3, 0.4) is 0 Å². The summed E-state index contributed by atoms with van der Waals surface area (Å²) in [5, 5.41) is 15.3. The normalized spacial score (nSPS) is 17.4. The van der Waals surface area contributed by atoms with Crippen molar-refractivity contribution in [1.82, 2.24) is 20.2 Å². The number of carbonyl (C=O) groups is 2. The van der Waals surface area contributed by atoms with Crippen LogP contribution in [0.4, 0.5) is 11.4 Å². The first kappa shape index (κ1) is 16.1. The van der Waals surface area contributed by atoms with Crippen molar-refractivity contribution in [3.8, 4) is 0 Å². The van der Waals surface area contributed by atoms with Crippen LogP contribution in [0.2, 0.25) is 0 Å². The van der Waals surface area contributed by atoms with Crippen LogP contribution >= 0.6 is 11.8 Å². The summed E-state index contributed by atoms with van der Waals surface area (Å²) < 4.78 is 1.84. The molecule has 0 spiro atoms. The van der Waals surface area contributed by atoms with E-state index in [1.54, 1.807) is 6.07 Å². The van der Waals surface area contributed by atoms with E-state index in [4.69, 9.17) is 0 Å². The smallest absolute Gasteiger partial charge is 0.244 e. The first-order valence-electron chi connectivity index (χ1n) is 8.32. The van der Waals surface area contributed by atoms with E-state index in [9.17, 15) is 9.59 Å². The van der Waals surface area contributed by atoms with Gasteiger partial charge in [-0.15, -0.1) is 5.10 Å². The van der Waals surface area contributed by atoms with E-state index >= 15 is 0 Å². The van der Waals surface area contributed by atoms with Gasteiger partial charge in [0.15, 0.2) is 0 Å². The van der Waals surface area contributed by atoms with E-state index in [1.165, 1.54) is 29.5 Å². The summed E-state index contributed by atoms with van der Waals surface area (Å²) in [5.74, 6) is -0.129. The van der Waals surface area contributed by atoms with E-state index in [1.807, 2.05) is 22.9 Å². The lowest BCUT2D eigenvalue weighted by Crippen LogP contribution is -2.43. The zero-order valence-corrected chi connectivity index (χ0v) is 14.4. The van der Waals surface area contributed by atoms with Crippen molar-refractivity contribution in [3.05, 3.63) is 24.3 Å². The van der Waals surface area contributed by atoms with Gasteiger partial charge in [0, 0.05) is 0 Å². The second-order valence-electron chi connectivity index (χ2n) is 6.18. The maximum absolute atomic E-state index is 12.7. The topological polar surface area (TPSA) is 93.0 Å². The molecule has 1 fully saturated rings. The van der Waals surface area contributed by atoms with Gasteiger partial charge in [0.05, 0.1) is 23.2 Å². The highest BCUT2D eigenvalue weighted by Gasteiger charge is 2.27. The number of nitrogens with zero attached hydrogens (tertiary/aromatic N) is 5. The SMILES string of the molecule is O=C1CN(C(=O)CSc2nnnn2C2CCCC2)c2ccccc2N1. The van der Waals surface area contributed by atoms with Gasteiger partial charge < -0.3 is 10.2 Å². The van der Waals surface area contributed by atoms with Crippen LogP contribution in [0.5, 0.6) is 0 Å². The molecule has 0 bridgehead atoms. The Labute approximate surface area is 149 Å². The van der Waals surface area contributed by atoms with Gasteiger partial charge in [-0.3, -0.25) is 9.59 Å². The number of amides is 2. The Bertz CT molecular complexity index is 801. The van der Waals surface area contributed by atoms with E-state index in [-0.39, 0.29) is 24.1 Å². The Hall–Kier alpha value is -2.42. The van der Waals surface area contributed by atoms with E-state index in [0.717, 1.165) is 18.5 Å². The minimum atomic E-state index is -0.187. The summed E-state index contributed by atoms with van der Waals surface area (Å²) >= 11 is 1.32. The fraction of sp³-hybridized carbons (Fsp3) is 0.438. The Morgan fingerprint density at radius 2 is 2.08 bits per heavy atom. The van der Waals surface area contributed by atoms with Crippen LogP contribution < -0.4 is 10.2 Å². The fourth-order valence-corrected chi connectivity index (χ4v) is 4.14. The minimum absolute atomic E-state index is 0.0317. The summed E-state index contributed by atoms with van der Waals surface area (Å²) in [6.45, 7) is 0.0317. The number of para-hydroxylation sites is 2. The number of carbonyl (C=O) groups excluding carboxylic acids is 2. The zero-order valence-electron chi connectivity index (χ0n) is 13.6. The van der Waals surface area contributed by atoms with Crippen molar-refractivity contribution in [2.75, 3.05) is 22.5 Å². The molecule has 2 heterocycles. The lowest BCUT2D eigenvalue weighted by atomic mass is 10.2. The van der Waals surface area contributed by atoms with Crippen molar-refractivity contribution >= 4 is 35.0 Å². The summed E-state index contributed by atoms with van der Waals surface area (Å²) in [4.78, 5) is 26.1. The van der Waals surface area contributed by atoms with Gasteiger partial charge in [-0.1, -0.05) is 36.7 Å². The molecule has 0 saturated heterocycles. The molecule has 1 aliphatic carbocycles. The Morgan fingerprint density at radius 3 is 2.92 bits per heavy atom. The fourth-order valence-electron chi connectivity index (χ4n) is 3.32. The largest absolute Gasteiger partial charge is 0.323 e. The third-order valence-corrected chi connectivity index (χ3v) is 5.45. The van der Waals surface area contributed by atoms with Crippen LogP contribution in [0.25, 0.3) is 0 Å². The molecule has 0 atom stereocenters. The van der Waals surface area contributed by atoms with Gasteiger partial charge in [-0.05, 0) is 35.4 Å². The number of rotatable bonds is 4. The summed E-state index contributed by atoms with van der Waals surface area (Å²) in [6, 6.07) is 7.64. The molecule has 130 valence electrons. The summed E-state index contributed by atoms with van der Waals surface area (Å²) in [7, 11) is 0. The minimum Gasteiger partial charge on any atom is -0.323 e. The lowest BCUT2D eigenvalue weighted by molar-refractivity contribution is -0.120. The highest BCUT2D eigenvalue weighted by molar-refractivity contribution is 7.99. The molecule has 25 heavy (non-hydrogen) atoms. The van der Waals surface area contributed by atoms with Gasteiger partial charge in [-0.25, -0.2) is 4.68 Å². The number of aromatic nitrogens is 4. The molecule has 1 aromatic carbocycles. The summed E-state index contributed by atoms with van der Waals surface area (Å²) in [5.41, 5.74) is 1.39. The molecule has 1 N–H and O–H groups in total. The van der Waals surface area contributed by atoms with Gasteiger partial charge in [0.25, 0.3) is 0 Å². The number of thioether (sulfide) groups is 1. The van der Waals surface area contributed by atoms with Crippen molar-refractivity contribution in [2.24, 2.45) is 0 Å². The van der Waals surface area contributed by atoms with Crippen LogP contribution in [0.15, 0.2) is 29.4 Å². The molecule has 2 aromatic rings. The molecule has 2 amide bonds. The van der Waals surface area contributed by atoms with E-state index < -0.39 is 0 Å². The number of fused-ring (bicyclic) bond motifs is 1. The van der Waals surface area contributed by atoms with Gasteiger partial charge in [0.2, 0.25) is 17.0 Å². The van der Waals surface area contributed by atoms with Gasteiger partial charge in [0.1, 0.15) is 6.54 Å². The maximum atomic E-state index is 12.7. The number of nitrogens with one attached hydrogen (secondary N) is 1. The third-order valence-electron chi connectivity index (χ3n) is 4.53. The van der Waals surface area contributed by atoms with Crippen molar-refractivity contribution in [2.45, 2.75) is 36.9 Å². The molecule has 4 rings (SSSR count). The van der Waals surface area contributed by atoms with Crippen molar-refractivity contribution in [3.63, 3.8) is 0 Å². The Balaban J connectivity index is 1.47. The molecule has 0 unspecified atom stereocenters. The predicted octanol–water partition coefficient (Wildman–Crippen LogP) is 1.87. The zero-order chi connectivity index (χ0) is 17.2. The highest BCUT2D eigenvalue weighted by atomic mass is 32.2. The predicted molar refractivity (Wildman–Crippen MR) is 93.5 cm³/mol. The second kappa shape index (κ2) is 6.83. The van der Waals surface area contributed by atoms with Crippen LogP contribution in [-0.2, 0) is 9.59 Å². The number of hydrogen-bond donors (Lipinski definition) is 1. The van der Waals surface area contributed by atoms with Gasteiger partial charge >= 0.3 is 0 Å². The second-order valence-corrected chi connectivity index (χ2v) is 7.12. The molecule has 8 nitrogen and oxygen atoms in total. The van der Waals surface area contributed by atoms with E-state index in [0.29, 0.717) is 16.9 Å². The quantitative estimate of drug-likeness (QED) is 0.839. The Morgan fingerprint density at radius 1 is 1.28 bits per heavy atom. The first-order chi connectivity index (χ1) is 12.2. The molecule has 1 aliphatic heterocycles. The average molecular weight is 358 g/mol. The molecule has 9 heteroatoms. The molecular formula is C16H18N6O2S. The Kier molecular flexibility index (Phi) is 4.39.